The Hall–Kier alpha value is -4.72. The topological polar surface area (TPSA) is 144 Å². The summed E-state index contributed by atoms with van der Waals surface area (Å²) in [7, 11) is -4.24. The van der Waals surface area contributed by atoms with Crippen molar-refractivity contribution in [3.63, 3.8) is 0 Å². The monoisotopic (exact) mass is 647 g/mol. The molecule has 3 aliphatic rings. The van der Waals surface area contributed by atoms with Crippen molar-refractivity contribution >= 4 is 38.2 Å². The number of anilines is 2. The highest BCUT2D eigenvalue weighted by Gasteiger charge is 2.38. The standard InChI is InChI=1S/C32H31F2N7O4S/c1-3-23(42)39-11-13-40(14-12-39)28-19-15-21(34)27(24-20(33)5-4-6-22(24)35)38-31(19)41(32(43)30(28)46(2,44)45)29-25(17-7-8-17)36-16-37-26(29)18-9-10-18/h3-6,15-18H,1,7-14,35H2,2H3. The number of amides is 1. The smallest absolute Gasteiger partial charge is 0.277 e. The maximum Gasteiger partial charge on any atom is 0.277 e. The fourth-order valence-corrected chi connectivity index (χ4v) is 7.29. The lowest BCUT2D eigenvalue weighted by molar-refractivity contribution is -0.126. The van der Waals surface area contributed by atoms with Crippen LogP contribution >= 0.6 is 0 Å². The lowest BCUT2D eigenvalue weighted by Gasteiger charge is -2.37. The predicted octanol–water partition coefficient (Wildman–Crippen LogP) is 3.70. The van der Waals surface area contributed by atoms with Crippen LogP contribution < -0.4 is 16.2 Å². The van der Waals surface area contributed by atoms with Crippen LogP contribution in [0.4, 0.5) is 20.2 Å². The summed E-state index contributed by atoms with van der Waals surface area (Å²) < 4.78 is 59.7. The quantitative estimate of drug-likeness (QED) is 0.235. The SMILES string of the molecule is C=CC(=O)N1CCN(c2c(S(C)(=O)=O)c(=O)n(-c3c(C4CC4)ncnc3C3CC3)c3nc(-c4c(N)cccc4F)c(F)cc23)CC1. The van der Waals surface area contributed by atoms with Crippen molar-refractivity contribution in [1.29, 1.82) is 0 Å². The number of carbonyl (C=O) groups is 1. The highest BCUT2D eigenvalue weighted by molar-refractivity contribution is 7.90. The van der Waals surface area contributed by atoms with Crippen LogP contribution in [0.15, 0.2) is 52.9 Å². The second-order valence-corrected chi connectivity index (χ2v) is 14.0. The van der Waals surface area contributed by atoms with Gasteiger partial charge < -0.3 is 15.5 Å². The summed E-state index contributed by atoms with van der Waals surface area (Å²) in [4.78, 5) is 43.4. The molecule has 7 rings (SSSR count). The Balaban J connectivity index is 1.60. The molecule has 14 heteroatoms. The molecule has 3 fully saturated rings. The number of halogens is 2. The van der Waals surface area contributed by atoms with Gasteiger partial charge in [0.05, 0.1) is 28.3 Å². The molecule has 0 atom stereocenters. The number of hydrogen-bond donors (Lipinski definition) is 1. The van der Waals surface area contributed by atoms with Gasteiger partial charge in [0.15, 0.2) is 26.2 Å². The first kappa shape index (κ1) is 30.0. The minimum atomic E-state index is -4.24. The third-order valence-corrected chi connectivity index (χ3v) is 9.91. The second kappa shape index (κ2) is 11.0. The number of rotatable bonds is 7. The highest BCUT2D eigenvalue weighted by Crippen LogP contribution is 2.48. The summed E-state index contributed by atoms with van der Waals surface area (Å²) in [6, 6.07) is 5.03. The number of piperazine rings is 1. The van der Waals surface area contributed by atoms with Crippen molar-refractivity contribution in [3.05, 3.63) is 76.6 Å². The molecule has 0 spiro atoms. The van der Waals surface area contributed by atoms with E-state index in [1.54, 1.807) is 9.80 Å². The molecule has 1 aliphatic heterocycles. The molecule has 0 bridgehead atoms. The number of nitrogens with zero attached hydrogens (tertiary/aromatic N) is 6. The lowest BCUT2D eigenvalue weighted by atomic mass is 10.1. The molecule has 2 aliphatic carbocycles. The fourth-order valence-electron chi connectivity index (χ4n) is 6.29. The molecular weight excluding hydrogens is 616 g/mol. The molecular formula is C32H31F2N7O4S. The predicted molar refractivity (Wildman–Crippen MR) is 169 cm³/mol. The molecule has 3 aromatic heterocycles. The fraction of sp³-hybridized carbons (Fsp3) is 0.344. The highest BCUT2D eigenvalue weighted by atomic mass is 32.2. The summed E-state index contributed by atoms with van der Waals surface area (Å²) in [5.41, 5.74) is 5.87. The van der Waals surface area contributed by atoms with E-state index in [2.05, 4.69) is 21.5 Å². The van der Waals surface area contributed by atoms with Gasteiger partial charge in [-0.2, -0.15) is 0 Å². The number of aromatic nitrogens is 4. The zero-order valence-corrected chi connectivity index (χ0v) is 25.9. The molecule has 238 valence electrons. The molecule has 1 aromatic carbocycles. The van der Waals surface area contributed by atoms with E-state index in [4.69, 9.17) is 5.73 Å². The second-order valence-electron chi connectivity index (χ2n) is 12.0. The van der Waals surface area contributed by atoms with E-state index < -0.39 is 37.6 Å². The van der Waals surface area contributed by atoms with Crippen LogP contribution in [0.25, 0.3) is 28.0 Å². The number of nitrogen functional groups attached to an aromatic ring is 1. The van der Waals surface area contributed by atoms with Gasteiger partial charge in [-0.05, 0) is 50.0 Å². The maximum absolute atomic E-state index is 16.2. The minimum absolute atomic E-state index is 0.0245. The molecule has 0 radical (unpaired) electrons. The van der Waals surface area contributed by atoms with E-state index in [0.29, 0.717) is 17.1 Å². The van der Waals surface area contributed by atoms with Crippen molar-refractivity contribution in [1.82, 2.24) is 24.4 Å². The van der Waals surface area contributed by atoms with Gasteiger partial charge in [-0.25, -0.2) is 32.2 Å². The first-order chi connectivity index (χ1) is 22.0. The zero-order valence-electron chi connectivity index (χ0n) is 25.0. The number of carbonyl (C=O) groups excluding carboxylic acids is 1. The summed E-state index contributed by atoms with van der Waals surface area (Å²) in [5.74, 6) is -2.00. The number of fused-ring (bicyclic) bond motifs is 1. The van der Waals surface area contributed by atoms with Crippen molar-refractivity contribution in [2.24, 2.45) is 0 Å². The summed E-state index contributed by atoms with van der Waals surface area (Å²) in [6.07, 6.45) is 6.88. The normalized spacial score (nSPS) is 17.0. The van der Waals surface area contributed by atoms with E-state index in [9.17, 15) is 18.0 Å². The van der Waals surface area contributed by atoms with E-state index in [0.717, 1.165) is 44.1 Å². The molecule has 4 aromatic rings. The van der Waals surface area contributed by atoms with Gasteiger partial charge in [0.1, 0.15) is 17.8 Å². The van der Waals surface area contributed by atoms with Crippen molar-refractivity contribution < 1.29 is 22.0 Å². The molecule has 11 nitrogen and oxygen atoms in total. The van der Waals surface area contributed by atoms with Crippen LogP contribution in [0, 0.1) is 11.6 Å². The van der Waals surface area contributed by atoms with Gasteiger partial charge in [-0.15, -0.1) is 0 Å². The van der Waals surface area contributed by atoms with Crippen LogP contribution in [0.2, 0.25) is 0 Å². The van der Waals surface area contributed by atoms with Gasteiger partial charge in [0.25, 0.3) is 5.56 Å². The van der Waals surface area contributed by atoms with Gasteiger partial charge in [0.2, 0.25) is 5.91 Å². The lowest BCUT2D eigenvalue weighted by Crippen LogP contribution is -2.49. The van der Waals surface area contributed by atoms with Gasteiger partial charge in [-0.3, -0.25) is 14.2 Å². The first-order valence-electron chi connectivity index (χ1n) is 15.0. The zero-order chi connectivity index (χ0) is 32.5. The van der Waals surface area contributed by atoms with E-state index in [1.165, 1.54) is 29.1 Å². The number of sulfone groups is 1. The Labute approximate surface area is 263 Å². The Bertz CT molecular complexity index is 2070. The van der Waals surface area contributed by atoms with Crippen LogP contribution in [0.5, 0.6) is 0 Å². The third kappa shape index (κ3) is 5.00. The van der Waals surface area contributed by atoms with E-state index >= 15 is 8.78 Å². The summed E-state index contributed by atoms with van der Waals surface area (Å²) >= 11 is 0. The Morgan fingerprint density at radius 3 is 2.17 bits per heavy atom. The Morgan fingerprint density at radius 1 is 1.00 bits per heavy atom. The molecule has 4 heterocycles. The third-order valence-electron chi connectivity index (χ3n) is 8.80. The summed E-state index contributed by atoms with van der Waals surface area (Å²) in [5, 5.41) is 0.0343. The van der Waals surface area contributed by atoms with Crippen LogP contribution in [0.1, 0.15) is 48.9 Å². The van der Waals surface area contributed by atoms with Crippen LogP contribution in [-0.2, 0) is 14.6 Å². The number of benzene rings is 1. The Morgan fingerprint density at radius 2 is 1.63 bits per heavy atom. The van der Waals surface area contributed by atoms with Crippen LogP contribution in [0.3, 0.4) is 0 Å². The van der Waals surface area contributed by atoms with Crippen LogP contribution in [-0.4, -0.2) is 71.2 Å². The van der Waals surface area contributed by atoms with E-state index in [-0.39, 0.29) is 71.9 Å². The molecule has 1 saturated heterocycles. The van der Waals surface area contributed by atoms with E-state index in [1.807, 2.05) is 0 Å². The first-order valence-corrected chi connectivity index (χ1v) is 16.9. The molecule has 1 amide bonds. The average molecular weight is 648 g/mol. The van der Waals surface area contributed by atoms with Crippen molar-refractivity contribution in [2.45, 2.75) is 42.4 Å². The Kier molecular flexibility index (Phi) is 7.14. The molecule has 2 saturated carbocycles. The number of nitrogens with two attached hydrogens (primary N) is 1. The molecule has 0 unspecified atom stereocenters. The average Bonchev–Trinajstić information content (AvgIpc) is 3.94. The number of pyridine rings is 2. The maximum atomic E-state index is 16.2. The van der Waals surface area contributed by atoms with Gasteiger partial charge in [0, 0.05) is 55.3 Å². The summed E-state index contributed by atoms with van der Waals surface area (Å²) in [6.45, 7) is 4.26. The largest absolute Gasteiger partial charge is 0.398 e. The molecule has 2 N–H and O–H groups in total. The minimum Gasteiger partial charge on any atom is -0.398 e. The van der Waals surface area contributed by atoms with Crippen molar-refractivity contribution in [3.8, 4) is 16.9 Å². The van der Waals surface area contributed by atoms with Gasteiger partial charge >= 0.3 is 0 Å². The molecule has 46 heavy (non-hydrogen) atoms. The van der Waals surface area contributed by atoms with Gasteiger partial charge in [-0.1, -0.05) is 12.6 Å². The number of hydrogen-bond acceptors (Lipinski definition) is 9. The van der Waals surface area contributed by atoms with Crippen molar-refractivity contribution in [2.75, 3.05) is 43.1 Å².